The quantitative estimate of drug-likeness (QED) is 0.139. The molecule has 1 atom stereocenters. The fourth-order valence-corrected chi connectivity index (χ4v) is 13.8. The summed E-state index contributed by atoms with van der Waals surface area (Å²) in [5.74, 6) is -6.77. The van der Waals surface area contributed by atoms with Gasteiger partial charge in [-0.2, -0.15) is 4.39 Å². The third-order valence-corrected chi connectivity index (χ3v) is 18.2. The molecule has 0 spiro atoms. The Labute approximate surface area is 186 Å². The molecule has 1 nitrogen and oxygen atoms in total. The Balaban J connectivity index is 2.54. The smallest absolute Gasteiger partial charge is 0.258 e. The Bertz CT molecular complexity index is 848. The van der Waals surface area contributed by atoms with Gasteiger partial charge in [-0.25, -0.2) is 13.2 Å². The van der Waals surface area contributed by atoms with E-state index in [4.69, 9.17) is 4.43 Å². The van der Waals surface area contributed by atoms with E-state index in [1.807, 2.05) is 44.2 Å². The molecule has 0 aromatic heterocycles. The van der Waals surface area contributed by atoms with Crippen molar-refractivity contribution < 1.29 is 22.0 Å². The van der Waals surface area contributed by atoms with Crippen LogP contribution in [0, 0.1) is 23.3 Å². The van der Waals surface area contributed by atoms with Crippen LogP contribution >= 0.6 is 0 Å². The molecule has 172 valence electrons. The molecule has 2 aromatic carbocycles. The second-order valence-corrected chi connectivity index (χ2v) is 18.8. The number of rotatable bonds is 11. The zero-order valence-electron chi connectivity index (χ0n) is 19.2. The lowest BCUT2D eigenvalue weighted by molar-refractivity contribution is 0.381. The molecule has 0 aliphatic rings. The maximum absolute atomic E-state index is 14.6. The second-order valence-electron chi connectivity index (χ2n) is 8.84. The molecule has 0 saturated carbocycles. The summed E-state index contributed by atoms with van der Waals surface area (Å²) in [6.07, 6.45) is 0. The van der Waals surface area contributed by atoms with Gasteiger partial charge in [0.15, 0.2) is 23.2 Å². The minimum absolute atomic E-state index is 0.0249. The summed E-state index contributed by atoms with van der Waals surface area (Å²) in [6.45, 7) is 10.7. The van der Waals surface area contributed by atoms with E-state index in [2.05, 4.69) is 20.8 Å². The van der Waals surface area contributed by atoms with Gasteiger partial charge >= 0.3 is 0 Å². The monoisotopic (exact) mass is 470 g/mol. The largest absolute Gasteiger partial charge is 0.539 e. The maximum atomic E-state index is 14.6. The van der Waals surface area contributed by atoms with Crippen molar-refractivity contribution >= 4 is 16.4 Å². The van der Waals surface area contributed by atoms with Crippen molar-refractivity contribution in [2.75, 3.05) is 0 Å². The molecular formula is C24H34F4OSi2. The van der Waals surface area contributed by atoms with Gasteiger partial charge in [0, 0.05) is 12.1 Å². The normalized spacial score (nSPS) is 14.0. The molecule has 0 N–H and O–H groups in total. The van der Waals surface area contributed by atoms with E-state index in [1.165, 1.54) is 0 Å². The fraction of sp³-hybridized carbons (Fsp3) is 0.500. The van der Waals surface area contributed by atoms with Crippen LogP contribution in [0.3, 0.4) is 0 Å². The first-order valence-electron chi connectivity index (χ1n) is 11.2. The highest BCUT2D eigenvalue weighted by Gasteiger charge is 2.44. The summed E-state index contributed by atoms with van der Waals surface area (Å²) in [5, 5.41) is 0. The lowest BCUT2D eigenvalue weighted by atomic mass is 10.2. The van der Waals surface area contributed by atoms with Crippen molar-refractivity contribution in [1.82, 2.24) is 0 Å². The molecule has 1 unspecified atom stereocenters. The van der Waals surface area contributed by atoms with Gasteiger partial charge in [0.25, 0.3) is 8.32 Å². The van der Waals surface area contributed by atoms with Crippen LogP contribution < -0.4 is 4.43 Å². The summed E-state index contributed by atoms with van der Waals surface area (Å²) in [4.78, 5) is 0. The highest BCUT2D eigenvalue weighted by Crippen LogP contribution is 2.39. The average molecular weight is 471 g/mol. The van der Waals surface area contributed by atoms with Gasteiger partial charge in [-0.1, -0.05) is 89.1 Å². The number of hydrogen-bond acceptors (Lipinski definition) is 1. The first kappa shape index (κ1) is 25.7. The van der Waals surface area contributed by atoms with Gasteiger partial charge in [0.05, 0.1) is 8.07 Å². The zero-order valence-corrected chi connectivity index (χ0v) is 21.2. The van der Waals surface area contributed by atoms with Crippen molar-refractivity contribution in [3.8, 4) is 5.75 Å². The second kappa shape index (κ2) is 10.8. The van der Waals surface area contributed by atoms with Crippen molar-refractivity contribution in [2.45, 2.75) is 76.4 Å². The molecule has 0 radical (unpaired) electrons. The molecule has 0 amide bonds. The standard InChI is InChI=1S/C24H34F4OSi2/c1-6-30(7-2,8-3)14-15-31(18(4)5,17-19-12-10-9-11-13-19)29-24-21(26)16-20(25)22(27)23(24)28/h9-13,16,18H,6-8,14-15,17H2,1-5H3. The molecule has 0 bridgehead atoms. The van der Waals surface area contributed by atoms with E-state index in [-0.39, 0.29) is 5.54 Å². The highest BCUT2D eigenvalue weighted by atomic mass is 28.4. The van der Waals surface area contributed by atoms with Crippen LogP contribution in [0.2, 0.25) is 35.8 Å². The molecule has 7 heteroatoms. The molecule has 2 rings (SSSR count). The zero-order chi connectivity index (χ0) is 23.2. The van der Waals surface area contributed by atoms with Gasteiger partial charge in [-0.05, 0) is 17.1 Å². The van der Waals surface area contributed by atoms with Crippen LogP contribution in [0.25, 0.3) is 0 Å². The molecule has 0 fully saturated rings. The van der Waals surface area contributed by atoms with Crippen LogP contribution in [0.15, 0.2) is 36.4 Å². The van der Waals surface area contributed by atoms with Crippen molar-refractivity contribution in [2.24, 2.45) is 0 Å². The Morgan fingerprint density at radius 1 is 0.806 bits per heavy atom. The predicted octanol–water partition coefficient (Wildman–Crippen LogP) is 8.27. The molecule has 0 heterocycles. The van der Waals surface area contributed by atoms with Gasteiger partial charge in [0.1, 0.15) is 0 Å². The van der Waals surface area contributed by atoms with Gasteiger partial charge in [-0.15, -0.1) is 0 Å². The number of benzene rings is 2. The Morgan fingerprint density at radius 2 is 1.39 bits per heavy atom. The van der Waals surface area contributed by atoms with Gasteiger partial charge < -0.3 is 4.43 Å². The topological polar surface area (TPSA) is 9.23 Å². The Morgan fingerprint density at radius 3 is 1.90 bits per heavy atom. The summed E-state index contributed by atoms with van der Waals surface area (Å²) in [6, 6.07) is 15.8. The summed E-state index contributed by atoms with van der Waals surface area (Å²) >= 11 is 0. The van der Waals surface area contributed by atoms with Gasteiger partial charge in [0.2, 0.25) is 5.82 Å². The van der Waals surface area contributed by atoms with Crippen molar-refractivity contribution in [1.29, 1.82) is 0 Å². The van der Waals surface area contributed by atoms with E-state index in [9.17, 15) is 17.6 Å². The Kier molecular flexibility index (Phi) is 8.95. The van der Waals surface area contributed by atoms with Crippen LogP contribution in [0.4, 0.5) is 17.6 Å². The van der Waals surface area contributed by atoms with E-state index < -0.39 is 45.4 Å². The van der Waals surface area contributed by atoms with Crippen molar-refractivity contribution in [3.63, 3.8) is 0 Å². The lowest BCUT2D eigenvalue weighted by Crippen LogP contribution is -2.50. The van der Waals surface area contributed by atoms with Crippen LogP contribution in [0.5, 0.6) is 5.75 Å². The number of hydrogen-bond donors (Lipinski definition) is 0. The lowest BCUT2D eigenvalue weighted by Gasteiger charge is -2.39. The molecule has 2 aromatic rings. The van der Waals surface area contributed by atoms with E-state index >= 15 is 0 Å². The van der Waals surface area contributed by atoms with Crippen LogP contribution in [-0.4, -0.2) is 16.4 Å². The predicted molar refractivity (Wildman–Crippen MR) is 125 cm³/mol. The van der Waals surface area contributed by atoms with Crippen molar-refractivity contribution in [3.05, 3.63) is 65.2 Å². The summed E-state index contributed by atoms with van der Waals surface area (Å²) < 4.78 is 62.8. The van der Waals surface area contributed by atoms with E-state index in [1.54, 1.807) is 0 Å². The molecular weight excluding hydrogens is 436 g/mol. The number of halogens is 4. The minimum atomic E-state index is -2.85. The SMILES string of the molecule is CC[Si](CC)(CC)CC[Si](Cc1ccccc1)(Oc1c(F)cc(F)c(F)c1F)C(C)C. The highest BCUT2D eigenvalue weighted by molar-refractivity contribution is 6.83. The fourth-order valence-electron chi connectivity index (χ4n) is 4.33. The minimum Gasteiger partial charge on any atom is -0.539 e. The summed E-state index contributed by atoms with van der Waals surface area (Å²) in [5.41, 5.74) is 1.06. The molecule has 0 saturated heterocycles. The molecule has 0 aliphatic heterocycles. The van der Waals surface area contributed by atoms with E-state index in [0.717, 1.165) is 35.8 Å². The molecule has 31 heavy (non-hydrogen) atoms. The third-order valence-electron chi connectivity index (χ3n) is 7.10. The van der Waals surface area contributed by atoms with Gasteiger partial charge in [-0.3, -0.25) is 0 Å². The first-order chi connectivity index (χ1) is 14.6. The maximum Gasteiger partial charge on any atom is 0.258 e. The van der Waals surface area contributed by atoms with E-state index in [0.29, 0.717) is 12.1 Å². The Hall–Kier alpha value is -1.61. The van der Waals surface area contributed by atoms with Crippen LogP contribution in [-0.2, 0) is 6.04 Å². The first-order valence-corrected chi connectivity index (χ1v) is 16.4. The average Bonchev–Trinajstić information content (AvgIpc) is 2.76. The third kappa shape index (κ3) is 5.80. The van der Waals surface area contributed by atoms with Crippen LogP contribution in [0.1, 0.15) is 40.2 Å². The molecule has 0 aliphatic carbocycles. The summed E-state index contributed by atoms with van der Waals surface area (Å²) in [7, 11) is -4.37.